The first-order valence-electron chi connectivity index (χ1n) is 9.39. The Balaban J connectivity index is 1.75. The Labute approximate surface area is 180 Å². The van der Waals surface area contributed by atoms with Crippen molar-refractivity contribution in [1.82, 2.24) is 0 Å². The van der Waals surface area contributed by atoms with Crippen LogP contribution in [0.25, 0.3) is 0 Å². The molecule has 2 aromatic rings. The van der Waals surface area contributed by atoms with Gasteiger partial charge < -0.3 is 20.9 Å². The van der Waals surface area contributed by atoms with E-state index in [1.807, 2.05) is 26.0 Å². The summed E-state index contributed by atoms with van der Waals surface area (Å²) in [5, 5.41) is 0.403. The average Bonchev–Trinajstić information content (AvgIpc) is 2.66. The van der Waals surface area contributed by atoms with Crippen LogP contribution in [0.3, 0.4) is 0 Å². The number of hydrogen-bond acceptors (Lipinski definition) is 8. The standard InChI is InChI=1S/C21H24ClN5O3/c1-4-29-18(28)14-7-5-6-13(10-14)12-30-17-9-8-15(11-16(17)22)27-20(24)25-19(23)26-21(27,2)3/h5-11H,4,12H2,1-3H3,(H4,23,24,25,26). The van der Waals surface area contributed by atoms with Gasteiger partial charge in [-0.15, -0.1) is 0 Å². The molecule has 0 saturated heterocycles. The topological polar surface area (TPSA) is 116 Å². The molecule has 0 saturated carbocycles. The van der Waals surface area contributed by atoms with Gasteiger partial charge in [0, 0.05) is 5.69 Å². The van der Waals surface area contributed by atoms with Crippen molar-refractivity contribution in [2.45, 2.75) is 33.0 Å². The van der Waals surface area contributed by atoms with E-state index in [9.17, 15) is 4.79 Å². The molecule has 1 aliphatic heterocycles. The van der Waals surface area contributed by atoms with E-state index in [1.54, 1.807) is 42.2 Å². The molecule has 0 bridgehead atoms. The van der Waals surface area contributed by atoms with Crippen molar-refractivity contribution in [1.29, 1.82) is 0 Å². The first-order chi connectivity index (χ1) is 14.2. The molecule has 1 heterocycles. The molecule has 0 atom stereocenters. The lowest BCUT2D eigenvalue weighted by molar-refractivity contribution is 0.0526. The summed E-state index contributed by atoms with van der Waals surface area (Å²) in [5.74, 6) is 0.488. The molecule has 158 valence electrons. The highest BCUT2D eigenvalue weighted by Gasteiger charge is 2.33. The third-order valence-corrected chi connectivity index (χ3v) is 4.70. The molecule has 8 nitrogen and oxygen atoms in total. The first-order valence-corrected chi connectivity index (χ1v) is 9.77. The number of halogens is 1. The van der Waals surface area contributed by atoms with Crippen molar-refractivity contribution in [3.8, 4) is 5.75 Å². The quantitative estimate of drug-likeness (QED) is 0.681. The van der Waals surface area contributed by atoms with Crippen LogP contribution < -0.4 is 21.1 Å². The van der Waals surface area contributed by atoms with Gasteiger partial charge >= 0.3 is 5.97 Å². The summed E-state index contributed by atoms with van der Waals surface area (Å²) < 4.78 is 10.9. The summed E-state index contributed by atoms with van der Waals surface area (Å²) >= 11 is 6.44. The summed E-state index contributed by atoms with van der Waals surface area (Å²) in [7, 11) is 0. The lowest BCUT2D eigenvalue weighted by Crippen LogP contribution is -2.54. The Kier molecular flexibility index (Phi) is 6.17. The molecule has 0 spiro atoms. The summed E-state index contributed by atoms with van der Waals surface area (Å²) in [5.41, 5.74) is 13.1. The number of guanidine groups is 2. The van der Waals surface area contributed by atoms with Gasteiger partial charge in [0.25, 0.3) is 0 Å². The Morgan fingerprint density at radius 2 is 1.97 bits per heavy atom. The fourth-order valence-corrected chi connectivity index (χ4v) is 3.39. The third kappa shape index (κ3) is 4.65. The van der Waals surface area contributed by atoms with Crippen molar-refractivity contribution in [2.24, 2.45) is 21.5 Å². The number of aliphatic imine (C=N–C) groups is 2. The van der Waals surface area contributed by atoms with Crippen LogP contribution in [0.1, 0.15) is 36.7 Å². The van der Waals surface area contributed by atoms with Gasteiger partial charge in [0.15, 0.2) is 0 Å². The number of esters is 1. The smallest absolute Gasteiger partial charge is 0.338 e. The number of ether oxygens (including phenoxy) is 2. The van der Waals surface area contributed by atoms with E-state index in [0.29, 0.717) is 28.6 Å². The van der Waals surface area contributed by atoms with E-state index < -0.39 is 5.66 Å². The van der Waals surface area contributed by atoms with Crippen LogP contribution in [-0.4, -0.2) is 30.2 Å². The Morgan fingerprint density at radius 3 is 2.63 bits per heavy atom. The molecular weight excluding hydrogens is 406 g/mol. The number of hydrogen-bond donors (Lipinski definition) is 2. The molecular formula is C21H24ClN5O3. The van der Waals surface area contributed by atoms with E-state index in [-0.39, 0.29) is 24.5 Å². The van der Waals surface area contributed by atoms with Gasteiger partial charge in [0.05, 0.1) is 17.2 Å². The zero-order valence-corrected chi connectivity index (χ0v) is 17.8. The third-order valence-electron chi connectivity index (χ3n) is 4.40. The molecule has 3 rings (SSSR count). The number of carbonyl (C=O) groups is 1. The second-order valence-electron chi connectivity index (χ2n) is 7.09. The Morgan fingerprint density at radius 1 is 1.20 bits per heavy atom. The molecule has 0 aromatic heterocycles. The number of carbonyl (C=O) groups excluding carboxylic acids is 1. The minimum atomic E-state index is -0.713. The molecule has 9 heteroatoms. The van der Waals surface area contributed by atoms with Crippen LogP contribution in [0.5, 0.6) is 5.75 Å². The van der Waals surface area contributed by atoms with Crippen molar-refractivity contribution in [3.05, 3.63) is 58.6 Å². The summed E-state index contributed by atoms with van der Waals surface area (Å²) in [6.45, 7) is 6.07. The molecule has 0 unspecified atom stereocenters. The van der Waals surface area contributed by atoms with Crippen LogP contribution in [0.15, 0.2) is 52.4 Å². The largest absolute Gasteiger partial charge is 0.487 e. The van der Waals surface area contributed by atoms with Gasteiger partial charge in [-0.3, -0.25) is 4.90 Å². The molecule has 2 aromatic carbocycles. The van der Waals surface area contributed by atoms with Gasteiger partial charge in [0.2, 0.25) is 11.9 Å². The molecule has 30 heavy (non-hydrogen) atoms. The van der Waals surface area contributed by atoms with Gasteiger partial charge in [0.1, 0.15) is 18.0 Å². The number of anilines is 1. The van der Waals surface area contributed by atoms with Crippen LogP contribution in [0.4, 0.5) is 5.69 Å². The van der Waals surface area contributed by atoms with Crippen molar-refractivity contribution < 1.29 is 14.3 Å². The lowest BCUT2D eigenvalue weighted by Gasteiger charge is -2.38. The first kappa shape index (κ1) is 21.4. The van der Waals surface area contributed by atoms with Crippen molar-refractivity contribution >= 4 is 35.2 Å². The summed E-state index contributed by atoms with van der Waals surface area (Å²) in [6.07, 6.45) is 0. The second-order valence-corrected chi connectivity index (χ2v) is 7.50. The van der Waals surface area contributed by atoms with Crippen LogP contribution in [-0.2, 0) is 11.3 Å². The van der Waals surface area contributed by atoms with Gasteiger partial charge in [-0.05, 0) is 56.7 Å². The predicted molar refractivity (Wildman–Crippen MR) is 118 cm³/mol. The van der Waals surface area contributed by atoms with Gasteiger partial charge in [-0.1, -0.05) is 23.7 Å². The van der Waals surface area contributed by atoms with Gasteiger partial charge in [-0.25, -0.2) is 9.79 Å². The van der Waals surface area contributed by atoms with Crippen LogP contribution >= 0.6 is 11.6 Å². The fraction of sp³-hybridized carbons (Fsp3) is 0.286. The molecule has 1 aliphatic rings. The number of nitrogens with zero attached hydrogens (tertiary/aromatic N) is 3. The van der Waals surface area contributed by atoms with Crippen molar-refractivity contribution in [3.63, 3.8) is 0 Å². The zero-order valence-electron chi connectivity index (χ0n) is 17.1. The second kappa shape index (κ2) is 8.62. The lowest BCUT2D eigenvalue weighted by atomic mass is 10.1. The normalized spacial score (nSPS) is 15.3. The molecule has 0 fully saturated rings. The molecule has 0 radical (unpaired) electrons. The minimum Gasteiger partial charge on any atom is -0.487 e. The van der Waals surface area contributed by atoms with E-state index in [1.165, 1.54) is 0 Å². The Bertz CT molecular complexity index is 1020. The van der Waals surface area contributed by atoms with E-state index in [4.69, 9.17) is 32.5 Å². The van der Waals surface area contributed by atoms with Gasteiger partial charge in [-0.2, -0.15) is 4.99 Å². The highest BCUT2D eigenvalue weighted by atomic mass is 35.5. The molecule has 0 amide bonds. The fourth-order valence-electron chi connectivity index (χ4n) is 3.16. The molecule has 4 N–H and O–H groups in total. The maximum absolute atomic E-state index is 11.9. The van der Waals surface area contributed by atoms with Crippen LogP contribution in [0, 0.1) is 0 Å². The maximum Gasteiger partial charge on any atom is 0.338 e. The predicted octanol–water partition coefficient (Wildman–Crippen LogP) is 3.28. The highest BCUT2D eigenvalue weighted by Crippen LogP contribution is 2.34. The average molecular weight is 430 g/mol. The van der Waals surface area contributed by atoms with E-state index in [0.717, 1.165) is 5.56 Å². The summed E-state index contributed by atoms with van der Waals surface area (Å²) in [6, 6.07) is 12.4. The summed E-state index contributed by atoms with van der Waals surface area (Å²) in [4.78, 5) is 22.0. The SMILES string of the molecule is CCOC(=O)c1cccc(COc2ccc(N3C(N)=NC(N)=NC3(C)C)cc2Cl)c1. The van der Waals surface area contributed by atoms with E-state index in [2.05, 4.69) is 9.98 Å². The van der Waals surface area contributed by atoms with E-state index >= 15 is 0 Å². The van der Waals surface area contributed by atoms with Crippen molar-refractivity contribution in [2.75, 3.05) is 11.5 Å². The molecule has 0 aliphatic carbocycles. The minimum absolute atomic E-state index is 0.129. The monoisotopic (exact) mass is 429 g/mol. The maximum atomic E-state index is 11.9. The number of rotatable bonds is 6. The number of benzene rings is 2. The zero-order chi connectivity index (χ0) is 21.9. The van der Waals surface area contributed by atoms with Crippen LogP contribution in [0.2, 0.25) is 5.02 Å². The highest BCUT2D eigenvalue weighted by molar-refractivity contribution is 6.32. The Hall–Kier alpha value is -3.26. The number of nitrogens with two attached hydrogens (primary N) is 2.